The quantitative estimate of drug-likeness (QED) is 0.786. The van der Waals surface area contributed by atoms with Crippen LogP contribution >= 0.6 is 0 Å². The van der Waals surface area contributed by atoms with Gasteiger partial charge in [-0.1, -0.05) is 12.1 Å². The molecule has 0 radical (unpaired) electrons. The largest absolute Gasteiger partial charge is 0.450 e. The lowest BCUT2D eigenvalue weighted by Gasteiger charge is -2.35. The van der Waals surface area contributed by atoms with Crippen molar-refractivity contribution in [1.82, 2.24) is 15.1 Å². The number of carbonyl (C=O) groups excluding carboxylic acids is 3. The molecule has 0 saturated carbocycles. The Morgan fingerprint density at radius 3 is 2.38 bits per heavy atom. The fraction of sp³-hybridized carbons (Fsp3) is 0.571. The predicted octanol–water partition coefficient (Wildman–Crippen LogP) is 2.10. The third-order valence-corrected chi connectivity index (χ3v) is 5.67. The molecule has 0 aromatic heterocycles. The summed E-state index contributed by atoms with van der Waals surface area (Å²) in [4.78, 5) is 39.7. The van der Waals surface area contributed by atoms with Gasteiger partial charge in [-0.2, -0.15) is 0 Å². The minimum absolute atomic E-state index is 0.0115. The SMILES string of the molecule is CCOC(=O)N1CCN(C(=O)CCC2(Cc3ccc(F)cc3)CCC(=O)N2)CC1. The van der Waals surface area contributed by atoms with Crippen LogP contribution in [0.2, 0.25) is 0 Å². The Labute approximate surface area is 170 Å². The van der Waals surface area contributed by atoms with Crippen LogP contribution in [0.5, 0.6) is 0 Å². The molecule has 2 fully saturated rings. The van der Waals surface area contributed by atoms with E-state index in [0.717, 1.165) is 5.56 Å². The number of hydrogen-bond donors (Lipinski definition) is 1. The molecule has 1 unspecified atom stereocenters. The Kier molecular flexibility index (Phi) is 6.71. The highest BCUT2D eigenvalue weighted by Gasteiger charge is 2.38. The van der Waals surface area contributed by atoms with Crippen molar-refractivity contribution in [2.75, 3.05) is 32.8 Å². The zero-order valence-electron chi connectivity index (χ0n) is 16.8. The molecule has 2 heterocycles. The summed E-state index contributed by atoms with van der Waals surface area (Å²) in [5, 5.41) is 3.05. The van der Waals surface area contributed by atoms with Gasteiger partial charge in [0, 0.05) is 44.6 Å². The zero-order chi connectivity index (χ0) is 20.9. The van der Waals surface area contributed by atoms with Crippen molar-refractivity contribution in [2.45, 2.75) is 44.6 Å². The smallest absolute Gasteiger partial charge is 0.409 e. The number of halogens is 1. The molecule has 0 aliphatic carbocycles. The standard InChI is InChI=1S/C21H28FN3O4/c1-2-29-20(28)25-13-11-24(12-14-25)19(27)8-10-21(9-7-18(26)23-21)15-16-3-5-17(22)6-4-16/h3-6H,2,7-15H2,1H3,(H,23,26). The number of nitrogens with zero attached hydrogens (tertiary/aromatic N) is 2. The molecular formula is C21H28FN3O4. The molecule has 0 bridgehead atoms. The van der Waals surface area contributed by atoms with E-state index in [1.54, 1.807) is 28.9 Å². The first-order chi connectivity index (χ1) is 13.9. The molecule has 1 aromatic rings. The summed E-state index contributed by atoms with van der Waals surface area (Å²) < 4.78 is 18.2. The number of benzene rings is 1. The van der Waals surface area contributed by atoms with E-state index in [2.05, 4.69) is 5.32 Å². The van der Waals surface area contributed by atoms with Crippen molar-refractivity contribution >= 4 is 17.9 Å². The second kappa shape index (κ2) is 9.24. The van der Waals surface area contributed by atoms with Crippen LogP contribution in [-0.4, -0.2) is 66.0 Å². The number of nitrogens with one attached hydrogen (secondary N) is 1. The molecule has 8 heteroatoms. The second-order valence-electron chi connectivity index (χ2n) is 7.70. The topological polar surface area (TPSA) is 79.0 Å². The third kappa shape index (κ3) is 5.46. The maximum atomic E-state index is 13.2. The highest BCUT2D eigenvalue weighted by Crippen LogP contribution is 2.30. The maximum Gasteiger partial charge on any atom is 0.409 e. The van der Waals surface area contributed by atoms with Gasteiger partial charge in [-0.05, 0) is 43.9 Å². The first kappa shape index (κ1) is 21.1. The van der Waals surface area contributed by atoms with Crippen LogP contribution in [0.25, 0.3) is 0 Å². The van der Waals surface area contributed by atoms with Gasteiger partial charge in [0.25, 0.3) is 0 Å². The van der Waals surface area contributed by atoms with Crippen LogP contribution in [0, 0.1) is 5.82 Å². The summed E-state index contributed by atoms with van der Waals surface area (Å²) in [7, 11) is 0. The molecule has 1 atom stereocenters. The van der Waals surface area contributed by atoms with E-state index in [9.17, 15) is 18.8 Å². The highest BCUT2D eigenvalue weighted by atomic mass is 19.1. The lowest BCUT2D eigenvalue weighted by atomic mass is 9.85. The van der Waals surface area contributed by atoms with Crippen molar-refractivity contribution in [3.05, 3.63) is 35.6 Å². The van der Waals surface area contributed by atoms with Gasteiger partial charge in [-0.15, -0.1) is 0 Å². The van der Waals surface area contributed by atoms with E-state index < -0.39 is 5.54 Å². The first-order valence-electron chi connectivity index (χ1n) is 10.2. The van der Waals surface area contributed by atoms with Gasteiger partial charge in [0.15, 0.2) is 0 Å². The van der Waals surface area contributed by atoms with Gasteiger partial charge < -0.3 is 19.9 Å². The van der Waals surface area contributed by atoms with E-state index in [4.69, 9.17) is 4.74 Å². The number of rotatable bonds is 6. The Hall–Kier alpha value is -2.64. The average molecular weight is 405 g/mol. The molecule has 3 amide bonds. The van der Waals surface area contributed by atoms with Crippen LogP contribution in [0.1, 0.15) is 38.2 Å². The van der Waals surface area contributed by atoms with Crippen molar-refractivity contribution in [3.8, 4) is 0 Å². The fourth-order valence-corrected chi connectivity index (χ4v) is 4.03. The number of amides is 3. The van der Waals surface area contributed by atoms with E-state index in [1.165, 1.54) is 12.1 Å². The minimum Gasteiger partial charge on any atom is -0.450 e. The summed E-state index contributed by atoms with van der Waals surface area (Å²) in [5.74, 6) is -0.286. The van der Waals surface area contributed by atoms with Gasteiger partial charge in [0.05, 0.1) is 6.61 Å². The summed E-state index contributed by atoms with van der Waals surface area (Å²) in [5.41, 5.74) is 0.459. The molecule has 2 aliphatic rings. The summed E-state index contributed by atoms with van der Waals surface area (Å²) in [6.07, 6.45) is 2.18. The number of ether oxygens (including phenoxy) is 1. The van der Waals surface area contributed by atoms with Crippen LogP contribution in [0.15, 0.2) is 24.3 Å². The Morgan fingerprint density at radius 1 is 1.14 bits per heavy atom. The summed E-state index contributed by atoms with van der Waals surface area (Å²) >= 11 is 0. The third-order valence-electron chi connectivity index (χ3n) is 5.67. The maximum absolute atomic E-state index is 13.2. The van der Waals surface area contributed by atoms with Gasteiger partial charge in [0.1, 0.15) is 5.82 Å². The lowest BCUT2D eigenvalue weighted by molar-refractivity contribution is -0.133. The van der Waals surface area contributed by atoms with Gasteiger partial charge in [-0.25, -0.2) is 9.18 Å². The Balaban J connectivity index is 1.54. The Morgan fingerprint density at radius 2 is 1.79 bits per heavy atom. The van der Waals surface area contributed by atoms with Gasteiger partial charge >= 0.3 is 6.09 Å². The number of piperazine rings is 1. The lowest BCUT2D eigenvalue weighted by Crippen LogP contribution is -2.51. The zero-order valence-corrected chi connectivity index (χ0v) is 16.8. The molecule has 158 valence electrons. The molecular weight excluding hydrogens is 377 g/mol. The van der Waals surface area contributed by atoms with Gasteiger partial charge in [-0.3, -0.25) is 9.59 Å². The van der Waals surface area contributed by atoms with Crippen LogP contribution in [0.3, 0.4) is 0 Å². The second-order valence-corrected chi connectivity index (χ2v) is 7.70. The van der Waals surface area contributed by atoms with Crippen LogP contribution in [-0.2, 0) is 20.7 Å². The number of carbonyl (C=O) groups is 3. The van der Waals surface area contributed by atoms with Crippen molar-refractivity contribution in [3.63, 3.8) is 0 Å². The van der Waals surface area contributed by atoms with E-state index in [0.29, 0.717) is 64.9 Å². The summed E-state index contributed by atoms with van der Waals surface area (Å²) in [6.45, 7) is 3.98. The van der Waals surface area contributed by atoms with Crippen molar-refractivity contribution in [1.29, 1.82) is 0 Å². The molecule has 1 N–H and O–H groups in total. The molecule has 0 spiro atoms. The minimum atomic E-state index is -0.475. The predicted molar refractivity (Wildman–Crippen MR) is 105 cm³/mol. The molecule has 3 rings (SSSR count). The molecule has 1 aromatic carbocycles. The monoisotopic (exact) mass is 405 g/mol. The van der Waals surface area contributed by atoms with E-state index in [1.807, 2.05) is 0 Å². The molecule has 2 saturated heterocycles. The molecule has 29 heavy (non-hydrogen) atoms. The van der Waals surface area contributed by atoms with Crippen molar-refractivity contribution < 1.29 is 23.5 Å². The Bertz CT molecular complexity index is 747. The normalized spacial score (nSPS) is 21.8. The summed E-state index contributed by atoms with van der Waals surface area (Å²) in [6, 6.07) is 6.26. The molecule has 2 aliphatic heterocycles. The first-order valence-corrected chi connectivity index (χ1v) is 10.2. The number of hydrogen-bond acceptors (Lipinski definition) is 4. The molecule has 7 nitrogen and oxygen atoms in total. The highest BCUT2D eigenvalue weighted by molar-refractivity contribution is 5.80. The van der Waals surface area contributed by atoms with E-state index in [-0.39, 0.29) is 23.7 Å². The van der Waals surface area contributed by atoms with Crippen molar-refractivity contribution in [2.24, 2.45) is 0 Å². The van der Waals surface area contributed by atoms with Crippen LogP contribution < -0.4 is 5.32 Å². The average Bonchev–Trinajstić information content (AvgIpc) is 3.09. The van der Waals surface area contributed by atoms with Gasteiger partial charge in [0.2, 0.25) is 11.8 Å². The van der Waals surface area contributed by atoms with Crippen LogP contribution in [0.4, 0.5) is 9.18 Å². The fourth-order valence-electron chi connectivity index (χ4n) is 4.03. The van der Waals surface area contributed by atoms with E-state index >= 15 is 0 Å².